The van der Waals surface area contributed by atoms with Crippen molar-refractivity contribution in [3.8, 4) is 17.6 Å². The number of hydrogen-bond acceptors (Lipinski definition) is 5. The second-order valence-electron chi connectivity index (χ2n) is 7.42. The average Bonchev–Trinajstić information content (AvgIpc) is 3.38. The van der Waals surface area contributed by atoms with E-state index in [9.17, 15) is 23.4 Å². The third-order valence-electron chi connectivity index (χ3n) is 5.03. The molecule has 0 spiro atoms. The first-order valence-electron chi connectivity index (χ1n) is 9.92. The summed E-state index contributed by atoms with van der Waals surface area (Å²) in [4.78, 5) is 12.4. The maximum absolute atomic E-state index is 12.9. The van der Waals surface area contributed by atoms with Crippen molar-refractivity contribution >= 4 is 38.2 Å². The second-order valence-corrected chi connectivity index (χ2v) is 10.4. The Hall–Kier alpha value is -3.58. The van der Waals surface area contributed by atoms with Gasteiger partial charge in [-0.05, 0) is 48.0 Å². The molecule has 2 heterocycles. The lowest BCUT2D eigenvalue weighted by atomic mass is 10.1. The lowest BCUT2D eigenvalue weighted by molar-refractivity contribution is -0.138. The van der Waals surface area contributed by atoms with Gasteiger partial charge in [-0.3, -0.25) is 4.79 Å². The van der Waals surface area contributed by atoms with Crippen molar-refractivity contribution in [3.63, 3.8) is 0 Å². The minimum absolute atomic E-state index is 0.0123. The standard InChI is InChI=1S/C24H20N2O5S2/c1-26-15-17(20-14-18(27)8-11-22(20)26)13-21(24(28)29)25-33(30,31)23-12-10-19(32-23)9-7-16-5-3-2-4-6-16/h2-6,8,10-12,14-15,21,25,27H,13H2,1H3,(H,28,29). The summed E-state index contributed by atoms with van der Waals surface area (Å²) >= 11 is 0.974. The van der Waals surface area contributed by atoms with Crippen LogP contribution in [-0.4, -0.2) is 35.2 Å². The number of sulfonamides is 1. The Morgan fingerprint density at radius 1 is 1.12 bits per heavy atom. The van der Waals surface area contributed by atoms with Crippen LogP contribution in [-0.2, 0) is 28.3 Å². The van der Waals surface area contributed by atoms with Gasteiger partial charge in [0.05, 0.1) is 4.88 Å². The molecule has 0 saturated heterocycles. The largest absolute Gasteiger partial charge is 0.508 e. The minimum Gasteiger partial charge on any atom is -0.508 e. The highest BCUT2D eigenvalue weighted by Gasteiger charge is 2.28. The van der Waals surface area contributed by atoms with Gasteiger partial charge in [0.15, 0.2) is 0 Å². The second kappa shape index (κ2) is 9.11. The number of rotatable bonds is 6. The van der Waals surface area contributed by atoms with E-state index in [0.717, 1.165) is 22.4 Å². The molecule has 4 rings (SSSR count). The topological polar surface area (TPSA) is 109 Å². The van der Waals surface area contributed by atoms with Gasteiger partial charge in [-0.2, -0.15) is 4.72 Å². The first-order chi connectivity index (χ1) is 15.7. The summed E-state index contributed by atoms with van der Waals surface area (Å²) in [6, 6.07) is 15.7. The monoisotopic (exact) mass is 480 g/mol. The summed E-state index contributed by atoms with van der Waals surface area (Å²) in [5.74, 6) is 4.65. The fraction of sp³-hybridized carbons (Fsp3) is 0.125. The van der Waals surface area contributed by atoms with Gasteiger partial charge in [0, 0.05) is 36.1 Å². The zero-order chi connectivity index (χ0) is 23.6. The lowest BCUT2D eigenvalue weighted by Crippen LogP contribution is -2.42. The molecule has 0 bridgehead atoms. The molecular formula is C24H20N2O5S2. The predicted octanol–water partition coefficient (Wildman–Crippen LogP) is 3.32. The van der Waals surface area contributed by atoms with Gasteiger partial charge in [0.1, 0.15) is 16.0 Å². The number of carboxylic acids is 1. The van der Waals surface area contributed by atoms with E-state index >= 15 is 0 Å². The van der Waals surface area contributed by atoms with Crippen LogP contribution in [0.25, 0.3) is 10.9 Å². The van der Waals surface area contributed by atoms with Crippen molar-refractivity contribution in [2.75, 3.05) is 0 Å². The van der Waals surface area contributed by atoms with Crippen molar-refractivity contribution in [1.29, 1.82) is 0 Å². The normalized spacial score (nSPS) is 12.3. The molecule has 1 atom stereocenters. The van der Waals surface area contributed by atoms with Crippen molar-refractivity contribution in [1.82, 2.24) is 9.29 Å². The summed E-state index contributed by atoms with van der Waals surface area (Å²) in [6.45, 7) is 0. The summed E-state index contributed by atoms with van der Waals surface area (Å²) in [5.41, 5.74) is 2.22. The van der Waals surface area contributed by atoms with Crippen LogP contribution in [0.2, 0.25) is 0 Å². The molecule has 168 valence electrons. The molecule has 33 heavy (non-hydrogen) atoms. The minimum atomic E-state index is -4.08. The number of benzene rings is 2. The molecule has 2 aromatic heterocycles. The zero-order valence-corrected chi connectivity index (χ0v) is 19.2. The summed E-state index contributed by atoms with van der Waals surface area (Å²) in [6.07, 6.45) is 1.65. The molecule has 0 aliphatic carbocycles. The van der Waals surface area contributed by atoms with Gasteiger partial charge in [0.2, 0.25) is 0 Å². The predicted molar refractivity (Wildman–Crippen MR) is 127 cm³/mol. The van der Waals surface area contributed by atoms with Gasteiger partial charge in [0.25, 0.3) is 10.0 Å². The van der Waals surface area contributed by atoms with E-state index in [2.05, 4.69) is 16.6 Å². The number of hydrogen-bond donors (Lipinski definition) is 3. The smallest absolute Gasteiger partial charge is 0.322 e. The number of aliphatic carboxylic acids is 1. The fourth-order valence-electron chi connectivity index (χ4n) is 3.46. The first-order valence-corrected chi connectivity index (χ1v) is 12.2. The molecule has 0 amide bonds. The van der Waals surface area contributed by atoms with Crippen LogP contribution < -0.4 is 4.72 Å². The number of aromatic hydroxyl groups is 1. The molecule has 7 nitrogen and oxygen atoms in total. The van der Waals surface area contributed by atoms with Gasteiger partial charge in [-0.25, -0.2) is 8.42 Å². The highest BCUT2D eigenvalue weighted by Crippen LogP contribution is 2.27. The van der Waals surface area contributed by atoms with Crippen LogP contribution >= 0.6 is 11.3 Å². The maximum Gasteiger partial charge on any atom is 0.322 e. The van der Waals surface area contributed by atoms with E-state index in [4.69, 9.17) is 0 Å². The molecule has 9 heteroatoms. The highest BCUT2D eigenvalue weighted by molar-refractivity contribution is 7.91. The van der Waals surface area contributed by atoms with E-state index in [1.54, 1.807) is 36.0 Å². The van der Waals surface area contributed by atoms with Crippen LogP contribution in [0.5, 0.6) is 5.75 Å². The van der Waals surface area contributed by atoms with Crippen molar-refractivity contribution in [3.05, 3.63) is 82.9 Å². The molecule has 0 fully saturated rings. The first kappa shape index (κ1) is 22.6. The van der Waals surface area contributed by atoms with Crippen LogP contribution in [0.15, 0.2) is 71.1 Å². The van der Waals surface area contributed by atoms with Crippen LogP contribution in [0.1, 0.15) is 16.0 Å². The Bertz CT molecular complexity index is 1490. The summed E-state index contributed by atoms with van der Waals surface area (Å²) in [5, 5.41) is 20.2. The lowest BCUT2D eigenvalue weighted by Gasteiger charge is -2.13. The van der Waals surface area contributed by atoms with E-state index in [-0.39, 0.29) is 16.4 Å². The maximum atomic E-state index is 12.9. The van der Waals surface area contributed by atoms with Crippen molar-refractivity contribution < 1.29 is 23.4 Å². The Labute approximate surface area is 195 Å². The summed E-state index contributed by atoms with van der Waals surface area (Å²) in [7, 11) is -2.28. The number of fused-ring (bicyclic) bond motifs is 1. The SMILES string of the molecule is Cn1cc(CC(NS(=O)(=O)c2ccc(C#Cc3ccccc3)s2)C(=O)O)c2cc(O)ccc21. The van der Waals surface area contributed by atoms with Crippen LogP contribution in [0, 0.1) is 11.8 Å². The molecule has 3 N–H and O–H groups in total. The number of aromatic nitrogens is 1. The molecule has 0 aliphatic rings. The third-order valence-corrected chi connectivity index (χ3v) is 7.99. The van der Waals surface area contributed by atoms with Gasteiger partial charge in [-0.15, -0.1) is 11.3 Å². The zero-order valence-electron chi connectivity index (χ0n) is 17.5. The van der Waals surface area contributed by atoms with E-state index in [1.807, 2.05) is 30.3 Å². The molecule has 1 unspecified atom stereocenters. The number of carbonyl (C=O) groups is 1. The Balaban J connectivity index is 1.56. The van der Waals surface area contributed by atoms with Crippen molar-refractivity contribution in [2.45, 2.75) is 16.7 Å². The Morgan fingerprint density at radius 2 is 1.88 bits per heavy atom. The van der Waals surface area contributed by atoms with Crippen molar-refractivity contribution in [2.24, 2.45) is 7.05 Å². The Morgan fingerprint density at radius 3 is 2.61 bits per heavy atom. The van der Waals surface area contributed by atoms with E-state index in [0.29, 0.717) is 15.8 Å². The molecule has 0 saturated carbocycles. The van der Waals surface area contributed by atoms with Gasteiger partial charge < -0.3 is 14.8 Å². The molecule has 0 aliphatic heterocycles. The molecule has 4 aromatic rings. The number of nitrogens with zero attached hydrogens (tertiary/aromatic N) is 1. The highest BCUT2D eigenvalue weighted by atomic mass is 32.2. The molecule has 2 aromatic carbocycles. The number of phenolic OH excluding ortho intramolecular Hbond substituents is 1. The average molecular weight is 481 g/mol. The third kappa shape index (κ3) is 5.09. The number of nitrogens with one attached hydrogen (secondary N) is 1. The number of phenols is 1. The Kier molecular flexibility index (Phi) is 6.24. The van der Waals surface area contributed by atoms with Gasteiger partial charge >= 0.3 is 5.97 Å². The number of thiophene rings is 1. The van der Waals surface area contributed by atoms with E-state index < -0.39 is 22.0 Å². The van der Waals surface area contributed by atoms with Gasteiger partial charge in [-0.1, -0.05) is 30.0 Å². The van der Waals surface area contributed by atoms with E-state index in [1.165, 1.54) is 12.1 Å². The summed E-state index contributed by atoms with van der Waals surface area (Å²) < 4.78 is 29.9. The number of aryl methyl sites for hydroxylation is 1. The number of carboxylic acid groups (broad SMARTS) is 1. The molecule has 0 radical (unpaired) electrons. The molecular weight excluding hydrogens is 460 g/mol. The fourth-order valence-corrected chi connectivity index (χ4v) is 5.82. The van der Waals surface area contributed by atoms with Crippen LogP contribution in [0.3, 0.4) is 0 Å². The van der Waals surface area contributed by atoms with Crippen LogP contribution in [0.4, 0.5) is 0 Å². The quantitative estimate of drug-likeness (QED) is 0.367.